The Balaban J connectivity index is 4.52. The van der Waals surface area contributed by atoms with Crippen LogP contribution in [-0.4, -0.2) is 74.9 Å². The van der Waals surface area contributed by atoms with Gasteiger partial charge in [-0.1, -0.05) is 159 Å². The van der Waals surface area contributed by atoms with Gasteiger partial charge in [-0.3, -0.25) is 13.8 Å². The normalized spacial score (nSPS) is 14.1. The molecule has 0 saturated heterocycles. The van der Waals surface area contributed by atoms with Crippen molar-refractivity contribution in [2.45, 2.75) is 174 Å². The minimum absolute atomic E-state index is 0.0147. The number of rotatable bonds is 38. The number of hydrogen-bond acceptors (Lipinski definition) is 7. The van der Waals surface area contributed by atoms with Crippen molar-refractivity contribution >= 4 is 19.8 Å². The summed E-state index contributed by atoms with van der Waals surface area (Å²) in [6.07, 6.45) is 42.2. The maximum atomic E-state index is 12.6. The number of nitrogens with zero attached hydrogens (tertiary/aromatic N) is 1. The average Bonchev–Trinajstić information content (AvgIpc) is 3.12. The first kappa shape index (κ1) is 52.0. The summed E-state index contributed by atoms with van der Waals surface area (Å²) >= 11 is 0. The maximum Gasteiger partial charge on any atom is 0.472 e. The number of esters is 2. The van der Waals surface area contributed by atoms with E-state index in [9.17, 15) is 19.0 Å². The largest absolute Gasteiger partial charge is 0.472 e. The minimum Gasteiger partial charge on any atom is -0.458 e. The van der Waals surface area contributed by atoms with E-state index in [4.69, 9.17) is 18.5 Å². The summed E-state index contributed by atoms with van der Waals surface area (Å²) < 4.78 is 34.0. The van der Waals surface area contributed by atoms with Crippen LogP contribution in [0, 0.1) is 0 Å². The molecule has 1 unspecified atom stereocenters. The summed E-state index contributed by atoms with van der Waals surface area (Å²) in [6.45, 7) is 4.24. The third-order valence-electron chi connectivity index (χ3n) is 8.96. The van der Waals surface area contributed by atoms with E-state index in [2.05, 4.69) is 38.2 Å². The Labute approximate surface area is 331 Å². The summed E-state index contributed by atoms with van der Waals surface area (Å²) in [5.41, 5.74) is 0. The third kappa shape index (κ3) is 39.7. The molecule has 0 saturated carbocycles. The Morgan fingerprint density at radius 2 is 1.06 bits per heavy atom. The lowest BCUT2D eigenvalue weighted by molar-refractivity contribution is -0.870. The lowest BCUT2D eigenvalue weighted by Crippen LogP contribution is -2.37. The number of ether oxygens (including phenoxy) is 2. The molecule has 2 atom stereocenters. The van der Waals surface area contributed by atoms with Gasteiger partial charge in [0, 0.05) is 12.5 Å². The number of unbranched alkanes of at least 4 members (excludes halogenated alkanes) is 20. The molecule has 0 bridgehead atoms. The fourth-order valence-corrected chi connectivity index (χ4v) is 6.31. The van der Waals surface area contributed by atoms with E-state index in [-0.39, 0.29) is 19.6 Å². The second-order valence-corrected chi connectivity index (χ2v) is 16.9. The van der Waals surface area contributed by atoms with Gasteiger partial charge < -0.3 is 18.9 Å². The fraction of sp³-hybridized carbons (Fsp3) is 0.773. The minimum atomic E-state index is -4.40. The van der Waals surface area contributed by atoms with Gasteiger partial charge in [-0.15, -0.1) is 0 Å². The van der Waals surface area contributed by atoms with Gasteiger partial charge in [-0.2, -0.15) is 0 Å². The molecule has 314 valence electrons. The molecule has 10 heteroatoms. The Morgan fingerprint density at radius 1 is 0.611 bits per heavy atom. The zero-order valence-corrected chi connectivity index (χ0v) is 36.1. The van der Waals surface area contributed by atoms with Crippen molar-refractivity contribution in [2.75, 3.05) is 47.5 Å². The number of carbonyl (C=O) groups excluding carboxylic acids is 2. The molecule has 0 aliphatic heterocycles. The molecule has 0 aromatic carbocycles. The molecular formula is C44H81NO8P+. The summed E-state index contributed by atoms with van der Waals surface area (Å²) in [6, 6.07) is 0. The standard InChI is InChI=1S/C44H80NO8P/c1-6-8-10-12-14-16-18-20-22-24-26-28-30-32-34-36-43(46)50-40-42(41-52-54(48,49)51-39-38-45(3,4)5)53-44(47)37-35-33-31-29-27-25-23-21-19-17-15-13-11-9-7-2/h17,19,21,23,30,32,34,36,42H,6-16,18,20,22,24-29,31,33,35,37-41H2,1-5H3/p+1/b19-17+,23-21+,32-30+,36-34+/t42-/m1/s1. The number of likely N-dealkylation sites (N-methyl/N-ethyl adjacent to an activating group) is 1. The van der Waals surface area contributed by atoms with Crippen LogP contribution in [-0.2, 0) is 32.7 Å². The van der Waals surface area contributed by atoms with Crippen molar-refractivity contribution in [3.8, 4) is 0 Å². The van der Waals surface area contributed by atoms with Gasteiger partial charge in [0.15, 0.2) is 6.10 Å². The van der Waals surface area contributed by atoms with E-state index in [0.717, 1.165) is 51.4 Å². The predicted molar refractivity (Wildman–Crippen MR) is 224 cm³/mol. The van der Waals surface area contributed by atoms with E-state index < -0.39 is 32.5 Å². The van der Waals surface area contributed by atoms with Gasteiger partial charge in [0.05, 0.1) is 27.7 Å². The highest BCUT2D eigenvalue weighted by molar-refractivity contribution is 7.47. The van der Waals surface area contributed by atoms with Gasteiger partial charge in [0.2, 0.25) is 0 Å². The molecule has 0 spiro atoms. The summed E-state index contributed by atoms with van der Waals surface area (Å²) in [7, 11) is 1.42. The van der Waals surface area contributed by atoms with Crippen LogP contribution in [0.15, 0.2) is 48.6 Å². The van der Waals surface area contributed by atoms with E-state index in [1.807, 2.05) is 33.3 Å². The molecule has 0 aromatic heterocycles. The highest BCUT2D eigenvalue weighted by atomic mass is 31.2. The van der Waals surface area contributed by atoms with Crippen molar-refractivity contribution in [3.05, 3.63) is 48.6 Å². The zero-order chi connectivity index (χ0) is 40.0. The van der Waals surface area contributed by atoms with Crippen LogP contribution < -0.4 is 0 Å². The zero-order valence-electron chi connectivity index (χ0n) is 35.2. The van der Waals surface area contributed by atoms with Crippen LogP contribution in [0.4, 0.5) is 0 Å². The number of phosphoric ester groups is 1. The SMILES string of the molecule is CCCCCC/C=C/C=C/CCCCCCCC(=O)O[C@H](COC(=O)/C=C/C=C/CCCCCCCCCCCCC)COP(=O)(O)OCC[N+](C)(C)C. The third-order valence-corrected chi connectivity index (χ3v) is 9.95. The van der Waals surface area contributed by atoms with Gasteiger partial charge in [0.25, 0.3) is 0 Å². The van der Waals surface area contributed by atoms with Gasteiger partial charge in [-0.25, -0.2) is 9.36 Å². The quantitative estimate of drug-likeness (QED) is 0.0165. The molecule has 1 N–H and O–H groups in total. The number of allylic oxidation sites excluding steroid dienone is 7. The van der Waals surface area contributed by atoms with Crippen LogP contribution in [0.5, 0.6) is 0 Å². The number of carbonyl (C=O) groups is 2. The van der Waals surface area contributed by atoms with Crippen molar-refractivity contribution in [1.82, 2.24) is 0 Å². The second kappa shape index (κ2) is 36.6. The molecule has 0 rings (SSSR count). The van der Waals surface area contributed by atoms with E-state index in [0.29, 0.717) is 17.4 Å². The molecule has 0 aliphatic carbocycles. The Hall–Kier alpha value is -2.03. The fourth-order valence-electron chi connectivity index (χ4n) is 5.56. The van der Waals surface area contributed by atoms with E-state index in [1.54, 1.807) is 6.08 Å². The summed E-state index contributed by atoms with van der Waals surface area (Å²) in [4.78, 5) is 35.2. The summed E-state index contributed by atoms with van der Waals surface area (Å²) in [5, 5.41) is 0. The van der Waals surface area contributed by atoms with Gasteiger partial charge in [0.1, 0.15) is 19.8 Å². The highest BCUT2D eigenvalue weighted by Crippen LogP contribution is 2.43. The van der Waals surface area contributed by atoms with Crippen LogP contribution in [0.2, 0.25) is 0 Å². The first-order valence-corrected chi connectivity index (χ1v) is 22.9. The Bertz CT molecular complexity index is 1070. The Kier molecular flexibility index (Phi) is 35.2. The summed E-state index contributed by atoms with van der Waals surface area (Å²) in [5.74, 6) is -1.07. The highest BCUT2D eigenvalue weighted by Gasteiger charge is 2.26. The van der Waals surface area contributed by atoms with Crippen LogP contribution in [0.25, 0.3) is 0 Å². The lowest BCUT2D eigenvalue weighted by atomic mass is 10.1. The van der Waals surface area contributed by atoms with E-state index >= 15 is 0 Å². The van der Waals surface area contributed by atoms with Crippen molar-refractivity contribution in [1.29, 1.82) is 0 Å². The molecule has 0 amide bonds. The molecule has 0 heterocycles. The average molecular weight is 783 g/mol. The van der Waals surface area contributed by atoms with Crippen molar-refractivity contribution in [3.63, 3.8) is 0 Å². The maximum absolute atomic E-state index is 12.6. The van der Waals surface area contributed by atoms with Crippen LogP contribution in [0.3, 0.4) is 0 Å². The predicted octanol–water partition coefficient (Wildman–Crippen LogP) is 11.9. The van der Waals surface area contributed by atoms with Crippen LogP contribution in [0.1, 0.15) is 168 Å². The first-order valence-electron chi connectivity index (χ1n) is 21.4. The Morgan fingerprint density at radius 3 is 1.56 bits per heavy atom. The van der Waals surface area contributed by atoms with E-state index in [1.165, 1.54) is 96.0 Å². The smallest absolute Gasteiger partial charge is 0.458 e. The number of hydrogen-bond donors (Lipinski definition) is 1. The molecular weight excluding hydrogens is 701 g/mol. The molecule has 0 aliphatic rings. The monoisotopic (exact) mass is 783 g/mol. The van der Waals surface area contributed by atoms with Gasteiger partial charge >= 0.3 is 19.8 Å². The van der Waals surface area contributed by atoms with Crippen molar-refractivity contribution in [2.24, 2.45) is 0 Å². The molecule has 0 fully saturated rings. The molecule has 9 nitrogen and oxygen atoms in total. The molecule has 0 aromatic rings. The number of phosphoric acid groups is 1. The lowest BCUT2D eigenvalue weighted by Gasteiger charge is -2.24. The molecule has 54 heavy (non-hydrogen) atoms. The second-order valence-electron chi connectivity index (χ2n) is 15.5. The molecule has 0 radical (unpaired) electrons. The van der Waals surface area contributed by atoms with Gasteiger partial charge in [-0.05, 0) is 44.9 Å². The number of quaternary nitrogens is 1. The first-order chi connectivity index (χ1) is 26.0. The van der Waals surface area contributed by atoms with Crippen molar-refractivity contribution < 1.29 is 42.1 Å². The van der Waals surface area contributed by atoms with Crippen LogP contribution >= 0.6 is 7.82 Å². The topological polar surface area (TPSA) is 108 Å².